The lowest BCUT2D eigenvalue weighted by Gasteiger charge is -2.41. The van der Waals surface area contributed by atoms with E-state index >= 15 is 0 Å². The molecule has 1 aliphatic carbocycles. The van der Waals surface area contributed by atoms with E-state index in [0.29, 0.717) is 5.02 Å². The number of thiazole rings is 1. The molecule has 1 aliphatic rings. The summed E-state index contributed by atoms with van der Waals surface area (Å²) in [5.41, 5.74) is 2.35. The molecule has 0 unspecified atom stereocenters. The quantitative estimate of drug-likeness (QED) is 0.892. The van der Waals surface area contributed by atoms with Crippen LogP contribution in [-0.4, -0.2) is 12.1 Å². The van der Waals surface area contributed by atoms with E-state index in [-0.39, 0.29) is 5.54 Å². The molecule has 1 aromatic carbocycles. The molecular weight excluding hydrogens is 304 g/mol. The predicted molar refractivity (Wildman–Crippen MR) is 87.2 cm³/mol. The lowest BCUT2D eigenvalue weighted by Crippen LogP contribution is -2.47. The van der Waals surface area contributed by atoms with Gasteiger partial charge in [0.2, 0.25) is 0 Å². The first-order valence-electron chi connectivity index (χ1n) is 7.13. The van der Waals surface area contributed by atoms with Crippen molar-refractivity contribution in [2.45, 2.75) is 38.3 Å². The monoisotopic (exact) mass is 322 g/mol. The van der Waals surface area contributed by atoms with E-state index in [0.717, 1.165) is 30.8 Å². The van der Waals surface area contributed by atoms with Gasteiger partial charge in [-0.25, -0.2) is 4.98 Å². The number of nitrogens with one attached hydrogen (secondary N) is 1. The Labute approximate surface area is 134 Å². The molecule has 0 saturated heterocycles. The summed E-state index contributed by atoms with van der Waals surface area (Å²) in [6.07, 6.45) is 3.57. The third-order valence-corrected chi connectivity index (χ3v) is 5.56. The number of ether oxygens (including phenoxy) is 1. The molecule has 1 heterocycles. The van der Waals surface area contributed by atoms with Gasteiger partial charge in [0.25, 0.3) is 0 Å². The molecule has 2 aromatic rings. The van der Waals surface area contributed by atoms with E-state index in [9.17, 15) is 0 Å². The molecule has 0 spiro atoms. The number of halogens is 1. The van der Waals surface area contributed by atoms with Crippen molar-refractivity contribution in [1.82, 2.24) is 10.3 Å². The van der Waals surface area contributed by atoms with Crippen molar-refractivity contribution >= 4 is 22.9 Å². The van der Waals surface area contributed by atoms with Crippen molar-refractivity contribution in [2.75, 3.05) is 7.11 Å². The van der Waals surface area contributed by atoms with Crippen molar-refractivity contribution in [3.63, 3.8) is 0 Å². The Morgan fingerprint density at radius 2 is 2.24 bits per heavy atom. The molecule has 3 nitrogen and oxygen atoms in total. The summed E-state index contributed by atoms with van der Waals surface area (Å²) in [7, 11) is 1.64. The smallest absolute Gasteiger partial charge is 0.137 e. The fourth-order valence-electron chi connectivity index (χ4n) is 2.66. The molecule has 0 radical (unpaired) electrons. The second-order valence-corrected chi connectivity index (χ2v) is 6.82. The molecule has 3 rings (SSSR count). The second-order valence-electron chi connectivity index (χ2n) is 5.55. The number of aromatic nitrogens is 1. The number of benzene rings is 1. The lowest BCUT2D eigenvalue weighted by atomic mass is 9.77. The van der Waals surface area contributed by atoms with Crippen LogP contribution in [0.4, 0.5) is 0 Å². The Balaban J connectivity index is 1.74. The third kappa shape index (κ3) is 2.93. The minimum absolute atomic E-state index is 0.0613. The van der Waals surface area contributed by atoms with Crippen LogP contribution in [0.1, 0.15) is 35.5 Å². The van der Waals surface area contributed by atoms with E-state index in [1.165, 1.54) is 17.0 Å². The lowest BCUT2D eigenvalue weighted by molar-refractivity contribution is 0.182. The van der Waals surface area contributed by atoms with Gasteiger partial charge in [-0.3, -0.25) is 0 Å². The zero-order valence-electron chi connectivity index (χ0n) is 12.3. The van der Waals surface area contributed by atoms with Crippen LogP contribution in [-0.2, 0) is 12.1 Å². The number of hydrogen-bond acceptors (Lipinski definition) is 4. The molecule has 1 fully saturated rings. The second kappa shape index (κ2) is 5.95. The molecule has 1 N–H and O–H groups in total. The summed E-state index contributed by atoms with van der Waals surface area (Å²) in [6, 6.07) is 5.92. The normalized spacial score (nSPS) is 16.5. The highest BCUT2D eigenvalue weighted by Gasteiger charge is 2.40. The fourth-order valence-corrected chi connectivity index (χ4v) is 3.88. The number of nitrogens with zero attached hydrogens (tertiary/aromatic N) is 1. The number of rotatable bonds is 5. The van der Waals surface area contributed by atoms with Crippen LogP contribution in [0.25, 0.3) is 0 Å². The molecule has 0 atom stereocenters. The molecule has 0 aliphatic heterocycles. The highest BCUT2D eigenvalue weighted by Crippen LogP contribution is 2.42. The van der Waals surface area contributed by atoms with Crippen LogP contribution < -0.4 is 10.1 Å². The molecule has 1 saturated carbocycles. The standard InChI is InChI=1S/C16H19ClN2OS/c1-11-10-21-15(19-11)16(6-3-7-16)18-9-12-4-5-13(17)14(8-12)20-2/h4-5,8,10,18H,3,6-7,9H2,1-2H3. The number of methoxy groups -OCH3 is 1. The number of hydrogen-bond donors (Lipinski definition) is 1. The van der Waals surface area contributed by atoms with Crippen LogP contribution in [0.15, 0.2) is 23.6 Å². The van der Waals surface area contributed by atoms with Crippen molar-refractivity contribution in [3.8, 4) is 5.75 Å². The van der Waals surface area contributed by atoms with Gasteiger partial charge < -0.3 is 10.1 Å². The van der Waals surface area contributed by atoms with Crippen molar-refractivity contribution in [3.05, 3.63) is 44.9 Å². The average Bonchev–Trinajstić information content (AvgIpc) is 2.86. The van der Waals surface area contributed by atoms with Crippen molar-refractivity contribution in [1.29, 1.82) is 0 Å². The largest absolute Gasteiger partial charge is 0.495 e. The SMILES string of the molecule is COc1cc(CNC2(c3nc(C)cs3)CCC2)ccc1Cl. The summed E-state index contributed by atoms with van der Waals surface area (Å²) in [6.45, 7) is 2.85. The van der Waals surface area contributed by atoms with Crippen LogP contribution in [0.2, 0.25) is 5.02 Å². The van der Waals surface area contributed by atoms with Gasteiger partial charge in [0.05, 0.1) is 17.7 Å². The zero-order valence-corrected chi connectivity index (χ0v) is 13.9. The summed E-state index contributed by atoms with van der Waals surface area (Å²) in [5, 5.41) is 7.69. The Hall–Kier alpha value is -1.10. The highest BCUT2D eigenvalue weighted by molar-refractivity contribution is 7.09. The van der Waals surface area contributed by atoms with Gasteiger partial charge in [-0.15, -0.1) is 11.3 Å². The predicted octanol–water partition coefficient (Wildman–Crippen LogP) is 4.28. The molecule has 0 amide bonds. The van der Waals surface area contributed by atoms with E-state index in [2.05, 4.69) is 22.6 Å². The van der Waals surface area contributed by atoms with Gasteiger partial charge in [0.15, 0.2) is 0 Å². The number of aryl methyl sites for hydroxylation is 1. The average molecular weight is 323 g/mol. The Morgan fingerprint density at radius 1 is 1.43 bits per heavy atom. The summed E-state index contributed by atoms with van der Waals surface area (Å²) < 4.78 is 5.28. The maximum atomic E-state index is 6.07. The minimum atomic E-state index is 0.0613. The first-order chi connectivity index (χ1) is 10.1. The van der Waals surface area contributed by atoms with Gasteiger partial charge in [0.1, 0.15) is 10.8 Å². The molecular formula is C16H19ClN2OS. The first-order valence-corrected chi connectivity index (χ1v) is 8.39. The zero-order chi connectivity index (χ0) is 14.9. The van der Waals surface area contributed by atoms with Gasteiger partial charge in [-0.05, 0) is 43.9 Å². The topological polar surface area (TPSA) is 34.1 Å². The van der Waals surface area contributed by atoms with E-state index in [1.807, 2.05) is 18.2 Å². The van der Waals surface area contributed by atoms with Gasteiger partial charge in [0, 0.05) is 17.6 Å². The molecule has 0 bridgehead atoms. The first kappa shape index (κ1) is 14.8. The summed E-state index contributed by atoms with van der Waals surface area (Å²) in [4.78, 5) is 4.68. The van der Waals surface area contributed by atoms with Gasteiger partial charge in [-0.1, -0.05) is 17.7 Å². The Bertz CT molecular complexity index is 637. The highest BCUT2D eigenvalue weighted by atomic mass is 35.5. The molecule has 21 heavy (non-hydrogen) atoms. The van der Waals surface area contributed by atoms with Crippen LogP contribution in [0, 0.1) is 6.92 Å². The Morgan fingerprint density at radius 3 is 2.81 bits per heavy atom. The van der Waals surface area contributed by atoms with E-state index in [4.69, 9.17) is 16.3 Å². The molecule has 5 heteroatoms. The summed E-state index contributed by atoms with van der Waals surface area (Å²) in [5.74, 6) is 0.726. The minimum Gasteiger partial charge on any atom is -0.495 e. The maximum Gasteiger partial charge on any atom is 0.137 e. The van der Waals surface area contributed by atoms with E-state index < -0.39 is 0 Å². The van der Waals surface area contributed by atoms with E-state index in [1.54, 1.807) is 18.4 Å². The summed E-state index contributed by atoms with van der Waals surface area (Å²) >= 11 is 7.83. The maximum absolute atomic E-state index is 6.07. The third-order valence-electron chi connectivity index (χ3n) is 4.08. The van der Waals surface area contributed by atoms with Crippen LogP contribution >= 0.6 is 22.9 Å². The Kier molecular flexibility index (Phi) is 4.20. The van der Waals surface area contributed by atoms with Crippen LogP contribution in [0.3, 0.4) is 0 Å². The van der Waals surface area contributed by atoms with Gasteiger partial charge >= 0.3 is 0 Å². The molecule has 112 valence electrons. The van der Waals surface area contributed by atoms with Gasteiger partial charge in [-0.2, -0.15) is 0 Å². The molecule has 1 aromatic heterocycles. The van der Waals surface area contributed by atoms with Crippen molar-refractivity contribution in [2.24, 2.45) is 0 Å². The van der Waals surface area contributed by atoms with Crippen molar-refractivity contribution < 1.29 is 4.74 Å². The van der Waals surface area contributed by atoms with Crippen LogP contribution in [0.5, 0.6) is 5.75 Å². The fraction of sp³-hybridized carbons (Fsp3) is 0.438.